The number of benzene rings is 1. The van der Waals surface area contributed by atoms with Crippen molar-refractivity contribution >= 4 is 15.9 Å². The van der Waals surface area contributed by atoms with Crippen LogP contribution in [-0.2, 0) is 10.0 Å². The molecule has 1 amide bonds. The van der Waals surface area contributed by atoms with Crippen molar-refractivity contribution < 1.29 is 13.2 Å². The zero-order chi connectivity index (χ0) is 14.9. The second-order valence-electron chi connectivity index (χ2n) is 5.40. The predicted octanol–water partition coefficient (Wildman–Crippen LogP) is 1.66. The van der Waals surface area contributed by atoms with Crippen molar-refractivity contribution in [1.82, 2.24) is 4.90 Å². The highest BCUT2D eigenvalue weighted by Crippen LogP contribution is 2.25. The molecule has 6 heteroatoms. The molecule has 5 nitrogen and oxygen atoms in total. The summed E-state index contributed by atoms with van der Waals surface area (Å²) >= 11 is 0. The number of hydrogen-bond donors (Lipinski definition) is 1. The number of nitrogens with two attached hydrogens (primary N) is 1. The lowest BCUT2D eigenvalue weighted by Crippen LogP contribution is -2.36. The summed E-state index contributed by atoms with van der Waals surface area (Å²) in [5, 5.41) is 5.20. The van der Waals surface area contributed by atoms with Gasteiger partial charge < -0.3 is 4.90 Å². The molecule has 0 aliphatic heterocycles. The fraction of sp³-hybridized carbons (Fsp3) is 0.500. The first-order valence-corrected chi connectivity index (χ1v) is 8.26. The Kier molecular flexibility index (Phi) is 4.15. The van der Waals surface area contributed by atoms with E-state index in [2.05, 4.69) is 0 Å². The molecule has 0 heterocycles. The molecule has 0 unspecified atom stereocenters. The first-order valence-electron chi connectivity index (χ1n) is 6.71. The molecule has 1 saturated carbocycles. The van der Waals surface area contributed by atoms with E-state index in [0.29, 0.717) is 0 Å². The van der Waals surface area contributed by atoms with Crippen LogP contribution in [0.1, 0.15) is 41.6 Å². The van der Waals surface area contributed by atoms with Gasteiger partial charge in [0.15, 0.2) is 0 Å². The minimum Gasteiger partial charge on any atom is -0.339 e. The molecule has 1 aromatic carbocycles. The van der Waals surface area contributed by atoms with Crippen LogP contribution in [0.4, 0.5) is 0 Å². The van der Waals surface area contributed by atoms with E-state index in [9.17, 15) is 13.2 Å². The van der Waals surface area contributed by atoms with Gasteiger partial charge in [0.05, 0.1) is 10.5 Å². The minimum absolute atomic E-state index is 0.0991. The van der Waals surface area contributed by atoms with Gasteiger partial charge in [-0.25, -0.2) is 13.6 Å². The molecule has 0 atom stereocenters. The average Bonchev–Trinajstić information content (AvgIpc) is 2.89. The van der Waals surface area contributed by atoms with Crippen molar-refractivity contribution in [3.63, 3.8) is 0 Å². The van der Waals surface area contributed by atoms with E-state index in [1.165, 1.54) is 6.07 Å². The topological polar surface area (TPSA) is 80.5 Å². The molecule has 0 radical (unpaired) electrons. The Morgan fingerprint density at radius 1 is 1.30 bits per heavy atom. The lowest BCUT2D eigenvalue weighted by molar-refractivity contribution is 0.0731. The Morgan fingerprint density at radius 3 is 2.45 bits per heavy atom. The molecule has 0 saturated heterocycles. The summed E-state index contributed by atoms with van der Waals surface area (Å²) in [6, 6.07) is 4.83. The van der Waals surface area contributed by atoms with Crippen molar-refractivity contribution in [2.24, 2.45) is 5.14 Å². The lowest BCUT2D eigenvalue weighted by Gasteiger charge is -2.25. The Labute approximate surface area is 119 Å². The van der Waals surface area contributed by atoms with E-state index in [-0.39, 0.29) is 22.4 Å². The third-order valence-electron chi connectivity index (χ3n) is 3.86. The van der Waals surface area contributed by atoms with Crippen molar-refractivity contribution in [3.8, 4) is 0 Å². The van der Waals surface area contributed by atoms with Crippen molar-refractivity contribution in [2.45, 2.75) is 43.5 Å². The largest absolute Gasteiger partial charge is 0.339 e. The second-order valence-corrected chi connectivity index (χ2v) is 6.93. The molecule has 1 aliphatic rings. The molecule has 0 aromatic heterocycles. The summed E-state index contributed by atoms with van der Waals surface area (Å²) < 4.78 is 23.2. The number of carbonyl (C=O) groups excluding carboxylic acids is 1. The van der Waals surface area contributed by atoms with Crippen LogP contribution in [0.5, 0.6) is 0 Å². The molecule has 110 valence electrons. The molecular weight excluding hydrogens is 276 g/mol. The van der Waals surface area contributed by atoms with E-state index in [1.807, 2.05) is 6.92 Å². The third kappa shape index (κ3) is 3.02. The number of primary sulfonamides is 1. The first-order chi connectivity index (χ1) is 9.30. The number of sulfonamides is 1. The van der Waals surface area contributed by atoms with E-state index in [1.54, 1.807) is 24.1 Å². The van der Waals surface area contributed by atoms with Crippen molar-refractivity contribution in [3.05, 3.63) is 29.3 Å². The quantitative estimate of drug-likeness (QED) is 0.921. The van der Waals surface area contributed by atoms with Crippen LogP contribution in [0.2, 0.25) is 0 Å². The maximum atomic E-state index is 12.6. The summed E-state index contributed by atoms with van der Waals surface area (Å²) in [6.07, 6.45) is 4.16. The second kappa shape index (κ2) is 5.54. The van der Waals surface area contributed by atoms with Gasteiger partial charge in [-0.15, -0.1) is 0 Å². The highest BCUT2D eigenvalue weighted by molar-refractivity contribution is 7.89. The number of rotatable bonds is 3. The number of amides is 1. The maximum Gasteiger partial charge on any atom is 0.255 e. The standard InChI is InChI=1S/C14H20N2O3S/c1-10-7-8-13(20(15,18)19)12(9-10)14(17)16(2)11-5-3-4-6-11/h7-9,11H,3-6H2,1-2H3,(H2,15,18,19). The molecule has 1 aliphatic carbocycles. The van der Waals surface area contributed by atoms with E-state index < -0.39 is 10.0 Å². The SMILES string of the molecule is Cc1ccc(S(N)(=O)=O)c(C(=O)N(C)C2CCCC2)c1. The normalized spacial score (nSPS) is 16.4. The summed E-state index contributed by atoms with van der Waals surface area (Å²) in [6.45, 7) is 1.82. The van der Waals surface area contributed by atoms with Crippen LogP contribution < -0.4 is 5.14 Å². The summed E-state index contributed by atoms with van der Waals surface area (Å²) in [5.74, 6) is -0.273. The van der Waals surface area contributed by atoms with Crippen molar-refractivity contribution in [2.75, 3.05) is 7.05 Å². The van der Waals surface area contributed by atoms with Gasteiger partial charge in [0.1, 0.15) is 0 Å². The summed E-state index contributed by atoms with van der Waals surface area (Å²) in [7, 11) is -2.17. The molecule has 1 aromatic rings. The Bertz CT molecular complexity index is 619. The van der Waals surface area contributed by atoms with Gasteiger partial charge in [-0.05, 0) is 31.9 Å². The predicted molar refractivity (Wildman–Crippen MR) is 76.9 cm³/mol. The monoisotopic (exact) mass is 296 g/mol. The molecule has 20 heavy (non-hydrogen) atoms. The van der Waals surface area contributed by atoms with Crippen LogP contribution in [0, 0.1) is 6.92 Å². The summed E-state index contributed by atoms with van der Waals surface area (Å²) in [4.78, 5) is 14.1. The van der Waals surface area contributed by atoms with Crippen LogP contribution in [0.25, 0.3) is 0 Å². The Balaban J connectivity index is 2.40. The Hall–Kier alpha value is -1.40. The molecule has 1 fully saturated rings. The van der Waals surface area contributed by atoms with Crippen LogP contribution in [-0.4, -0.2) is 32.3 Å². The highest BCUT2D eigenvalue weighted by atomic mass is 32.2. The minimum atomic E-state index is -3.90. The van der Waals surface area contributed by atoms with Gasteiger partial charge in [-0.2, -0.15) is 0 Å². The molecule has 2 rings (SSSR count). The fourth-order valence-corrected chi connectivity index (χ4v) is 3.42. The third-order valence-corrected chi connectivity index (χ3v) is 4.83. The molecular formula is C14H20N2O3S. The average molecular weight is 296 g/mol. The highest BCUT2D eigenvalue weighted by Gasteiger charge is 2.27. The first kappa shape index (κ1) is 15.0. The van der Waals surface area contributed by atoms with Gasteiger partial charge in [-0.1, -0.05) is 24.5 Å². The number of hydrogen-bond acceptors (Lipinski definition) is 3. The number of nitrogens with zero attached hydrogens (tertiary/aromatic N) is 1. The molecule has 0 spiro atoms. The van der Waals surface area contributed by atoms with Crippen LogP contribution >= 0.6 is 0 Å². The van der Waals surface area contributed by atoms with Gasteiger partial charge in [-0.3, -0.25) is 4.79 Å². The van der Waals surface area contributed by atoms with Gasteiger partial charge in [0.2, 0.25) is 10.0 Å². The Morgan fingerprint density at radius 2 is 1.90 bits per heavy atom. The number of carbonyl (C=O) groups is 1. The fourth-order valence-electron chi connectivity index (χ4n) is 2.71. The smallest absolute Gasteiger partial charge is 0.255 e. The zero-order valence-corrected chi connectivity index (χ0v) is 12.6. The van der Waals surface area contributed by atoms with E-state index in [4.69, 9.17) is 5.14 Å². The number of aryl methyl sites for hydroxylation is 1. The van der Waals surface area contributed by atoms with E-state index in [0.717, 1.165) is 31.2 Å². The zero-order valence-electron chi connectivity index (χ0n) is 11.8. The van der Waals surface area contributed by atoms with Crippen molar-refractivity contribution in [1.29, 1.82) is 0 Å². The van der Waals surface area contributed by atoms with Gasteiger partial charge >= 0.3 is 0 Å². The van der Waals surface area contributed by atoms with Crippen LogP contribution in [0.3, 0.4) is 0 Å². The lowest BCUT2D eigenvalue weighted by atomic mass is 10.1. The van der Waals surface area contributed by atoms with E-state index >= 15 is 0 Å². The molecule has 0 bridgehead atoms. The molecule has 2 N–H and O–H groups in total. The van der Waals surface area contributed by atoms with Gasteiger partial charge in [0.25, 0.3) is 5.91 Å². The van der Waals surface area contributed by atoms with Gasteiger partial charge in [0, 0.05) is 13.1 Å². The maximum absolute atomic E-state index is 12.6. The van der Waals surface area contributed by atoms with Crippen LogP contribution in [0.15, 0.2) is 23.1 Å². The summed E-state index contributed by atoms with van der Waals surface area (Å²) in [5.41, 5.74) is 1.00.